The van der Waals surface area contributed by atoms with Crippen molar-refractivity contribution < 1.29 is 29.3 Å². The topological polar surface area (TPSA) is 110 Å². The van der Waals surface area contributed by atoms with Crippen molar-refractivity contribution in [2.24, 2.45) is 17.0 Å². The molecule has 1 aliphatic rings. The van der Waals surface area contributed by atoms with E-state index in [0.29, 0.717) is 25.0 Å². The van der Waals surface area contributed by atoms with Gasteiger partial charge in [-0.25, -0.2) is 0 Å². The molecule has 2 rings (SSSR count). The Hall–Kier alpha value is -2.03. The Morgan fingerprint density at radius 1 is 1.22 bits per heavy atom. The number of pyridine rings is 1. The van der Waals surface area contributed by atoms with Crippen molar-refractivity contribution in [1.29, 1.82) is 0 Å². The number of esters is 1. The van der Waals surface area contributed by atoms with Gasteiger partial charge in [0.25, 0.3) is 0 Å². The normalized spacial score (nSPS) is 34.5. The largest absolute Gasteiger partial charge is 0.460 e. The maximum Gasteiger partial charge on any atom is 0.309 e. The van der Waals surface area contributed by atoms with Gasteiger partial charge in [0, 0.05) is 19.2 Å². The molecule has 1 saturated heterocycles. The molecule has 1 aromatic heterocycles. The zero-order chi connectivity index (χ0) is 23.7. The summed E-state index contributed by atoms with van der Waals surface area (Å²) in [6.07, 6.45) is 1.85. The lowest BCUT2D eigenvalue weighted by Gasteiger charge is -2.32. The van der Waals surface area contributed by atoms with Crippen LogP contribution in [0.2, 0.25) is 0 Å². The zero-order valence-electron chi connectivity index (χ0n) is 19.9. The summed E-state index contributed by atoms with van der Waals surface area (Å²) in [5.41, 5.74) is 0.939. The van der Waals surface area contributed by atoms with Gasteiger partial charge in [0.15, 0.2) is 6.61 Å². The second-order valence-corrected chi connectivity index (χ2v) is 9.04. The van der Waals surface area contributed by atoms with Gasteiger partial charge in [-0.2, -0.15) is 0 Å². The fourth-order valence-corrected chi connectivity index (χ4v) is 3.78. The van der Waals surface area contributed by atoms with E-state index in [9.17, 15) is 15.0 Å². The molecule has 2 heterocycles. The van der Waals surface area contributed by atoms with Crippen molar-refractivity contribution in [3.63, 3.8) is 0 Å². The first-order valence-corrected chi connectivity index (χ1v) is 11.4. The highest BCUT2D eigenvalue weighted by atomic mass is 16.6. The van der Waals surface area contributed by atoms with Crippen LogP contribution in [0, 0.1) is 11.8 Å². The smallest absolute Gasteiger partial charge is 0.309 e. The number of ether oxygens (including phenoxy) is 2. The Morgan fingerprint density at radius 3 is 2.62 bits per heavy atom. The lowest BCUT2D eigenvalue weighted by molar-refractivity contribution is -0.163. The number of oxime groups is 1. The lowest BCUT2D eigenvalue weighted by Crippen LogP contribution is -2.45. The van der Waals surface area contributed by atoms with Gasteiger partial charge < -0.3 is 24.5 Å². The van der Waals surface area contributed by atoms with Crippen molar-refractivity contribution in [1.82, 2.24) is 4.98 Å². The summed E-state index contributed by atoms with van der Waals surface area (Å²) >= 11 is 0. The number of nitrogens with zero attached hydrogens (tertiary/aromatic N) is 2. The number of rotatable bonds is 4. The molecule has 0 radical (unpaired) electrons. The van der Waals surface area contributed by atoms with Gasteiger partial charge in [0.2, 0.25) is 0 Å². The molecule has 8 nitrogen and oxygen atoms in total. The van der Waals surface area contributed by atoms with Crippen molar-refractivity contribution in [3.05, 3.63) is 30.1 Å². The molecule has 0 bridgehead atoms. The van der Waals surface area contributed by atoms with Crippen molar-refractivity contribution >= 4 is 11.7 Å². The number of methoxy groups -OCH3 is 1. The van der Waals surface area contributed by atoms with Crippen molar-refractivity contribution in [3.8, 4) is 0 Å². The molecule has 1 fully saturated rings. The highest BCUT2D eigenvalue weighted by molar-refractivity contribution is 5.86. The van der Waals surface area contributed by atoms with Crippen LogP contribution in [0.15, 0.2) is 29.6 Å². The minimum atomic E-state index is -1.25. The second kappa shape index (κ2) is 12.3. The first kappa shape index (κ1) is 26.2. The Kier molecular flexibility index (Phi) is 10.1. The van der Waals surface area contributed by atoms with E-state index in [1.807, 2.05) is 32.0 Å². The van der Waals surface area contributed by atoms with E-state index in [1.165, 1.54) is 0 Å². The average molecular weight is 451 g/mol. The number of carbonyl (C=O) groups is 1. The Morgan fingerprint density at radius 2 is 1.97 bits per heavy atom. The lowest BCUT2D eigenvalue weighted by atomic mass is 9.85. The third-order valence-electron chi connectivity index (χ3n) is 6.44. The molecule has 8 heteroatoms. The van der Waals surface area contributed by atoms with Crippen LogP contribution in [-0.2, 0) is 25.7 Å². The maximum absolute atomic E-state index is 12.4. The molecule has 6 atom stereocenters. The number of cyclic esters (lactones) is 1. The summed E-state index contributed by atoms with van der Waals surface area (Å²) in [5, 5.41) is 25.8. The molecule has 32 heavy (non-hydrogen) atoms. The van der Waals surface area contributed by atoms with Crippen LogP contribution in [0.4, 0.5) is 0 Å². The van der Waals surface area contributed by atoms with E-state index in [4.69, 9.17) is 14.3 Å². The van der Waals surface area contributed by atoms with Crippen LogP contribution >= 0.6 is 0 Å². The number of aliphatic hydroxyl groups excluding tert-OH is 2. The van der Waals surface area contributed by atoms with E-state index >= 15 is 0 Å². The predicted molar refractivity (Wildman–Crippen MR) is 121 cm³/mol. The number of carbonyl (C=O) groups excluding carboxylic acids is 1. The number of aliphatic hydroxyl groups is 2. The van der Waals surface area contributed by atoms with Gasteiger partial charge in [0.05, 0.1) is 29.0 Å². The molecule has 0 amide bonds. The van der Waals surface area contributed by atoms with Crippen LogP contribution in [0.25, 0.3) is 0 Å². The molecule has 2 N–H and O–H groups in total. The Bertz CT molecular complexity index is 743. The summed E-state index contributed by atoms with van der Waals surface area (Å²) in [5.74, 6) is -1.18. The minimum absolute atomic E-state index is 0.198. The fraction of sp³-hybridized carbons (Fsp3) is 0.708. The van der Waals surface area contributed by atoms with E-state index in [1.54, 1.807) is 27.2 Å². The maximum atomic E-state index is 12.4. The molecular weight excluding hydrogens is 412 g/mol. The molecule has 1 aliphatic heterocycles. The molecule has 180 valence electrons. The van der Waals surface area contributed by atoms with E-state index in [2.05, 4.69) is 10.1 Å². The van der Waals surface area contributed by atoms with Crippen LogP contribution in [0.1, 0.15) is 65.5 Å². The summed E-state index contributed by atoms with van der Waals surface area (Å²) in [7, 11) is 1.68. The van der Waals surface area contributed by atoms with Crippen LogP contribution in [-0.4, -0.2) is 57.9 Å². The van der Waals surface area contributed by atoms with Crippen LogP contribution in [0.5, 0.6) is 0 Å². The van der Waals surface area contributed by atoms with Gasteiger partial charge >= 0.3 is 5.97 Å². The molecule has 0 aromatic carbocycles. The standard InChI is InChI=1S/C24H38N2O6/c1-16-9-8-12-24(4,30-5)13-11-20(26-31-15-19-10-6-7-14-25-19)17(2)21(27)22(28)18(3)32-23(16)29/h6-7,10,14,16-18,21-22,27-28H,8-9,11-13,15H2,1-5H3/b26-20-/t16-,17+,18?,21-,22-,24?/m1/s1. The molecule has 2 unspecified atom stereocenters. The molecular formula is C24H38N2O6. The summed E-state index contributed by atoms with van der Waals surface area (Å²) in [4.78, 5) is 22.2. The number of hydrogen-bond acceptors (Lipinski definition) is 8. The number of aromatic nitrogens is 1. The Balaban J connectivity index is 2.24. The quantitative estimate of drug-likeness (QED) is 0.535. The first-order valence-electron chi connectivity index (χ1n) is 11.4. The number of hydrogen-bond donors (Lipinski definition) is 2. The third kappa shape index (κ3) is 7.53. The minimum Gasteiger partial charge on any atom is -0.460 e. The summed E-state index contributed by atoms with van der Waals surface area (Å²) in [6, 6.07) is 5.54. The second-order valence-electron chi connectivity index (χ2n) is 9.04. The van der Waals surface area contributed by atoms with Crippen LogP contribution in [0.3, 0.4) is 0 Å². The van der Waals surface area contributed by atoms with Gasteiger partial charge in [-0.3, -0.25) is 9.78 Å². The zero-order valence-corrected chi connectivity index (χ0v) is 19.9. The van der Waals surface area contributed by atoms with E-state index in [0.717, 1.165) is 18.5 Å². The van der Waals surface area contributed by atoms with Gasteiger partial charge in [-0.15, -0.1) is 0 Å². The van der Waals surface area contributed by atoms with E-state index in [-0.39, 0.29) is 18.5 Å². The van der Waals surface area contributed by atoms with E-state index < -0.39 is 29.8 Å². The highest BCUT2D eigenvalue weighted by Gasteiger charge is 2.35. The molecule has 0 spiro atoms. The highest BCUT2D eigenvalue weighted by Crippen LogP contribution is 2.28. The van der Waals surface area contributed by atoms with Crippen LogP contribution < -0.4 is 0 Å². The molecule has 0 saturated carbocycles. The van der Waals surface area contributed by atoms with Crippen molar-refractivity contribution in [2.75, 3.05) is 7.11 Å². The SMILES string of the molecule is COC1(C)CCC[C@@H](C)C(=O)OC(C)[C@@H](O)[C@H](O)[C@@H](C)/C(=N\OCc2ccccn2)CC1. The molecule has 0 aliphatic carbocycles. The van der Waals surface area contributed by atoms with Crippen molar-refractivity contribution in [2.45, 2.75) is 90.3 Å². The van der Waals surface area contributed by atoms with Gasteiger partial charge in [0.1, 0.15) is 12.2 Å². The van der Waals surface area contributed by atoms with Gasteiger partial charge in [-0.1, -0.05) is 25.1 Å². The van der Waals surface area contributed by atoms with Gasteiger partial charge in [-0.05, 0) is 58.1 Å². The predicted octanol–water partition coefficient (Wildman–Crippen LogP) is 3.25. The monoisotopic (exact) mass is 450 g/mol. The summed E-state index contributed by atoms with van der Waals surface area (Å²) in [6.45, 7) is 7.42. The summed E-state index contributed by atoms with van der Waals surface area (Å²) < 4.78 is 11.2. The average Bonchev–Trinajstić information content (AvgIpc) is 2.79. The third-order valence-corrected chi connectivity index (χ3v) is 6.44. The first-order chi connectivity index (χ1) is 15.2. The molecule has 1 aromatic rings. The Labute approximate surface area is 191 Å². The fourth-order valence-electron chi connectivity index (χ4n) is 3.78.